The van der Waals surface area contributed by atoms with E-state index in [1.165, 1.54) is 22.0 Å². The first kappa shape index (κ1) is 19.9. The molecular formula is C21H18ClNO4S. The van der Waals surface area contributed by atoms with Gasteiger partial charge in [0.1, 0.15) is 16.2 Å². The van der Waals surface area contributed by atoms with Crippen molar-refractivity contribution in [1.29, 1.82) is 0 Å². The number of thiazole rings is 1. The minimum Gasteiger partial charge on any atom is -0.497 e. The molecule has 0 radical (unpaired) electrons. The zero-order valence-electron chi connectivity index (χ0n) is 15.6. The minimum atomic E-state index is -0.193. The van der Waals surface area contributed by atoms with E-state index in [-0.39, 0.29) is 11.3 Å². The second kappa shape index (κ2) is 8.46. The second-order valence-corrected chi connectivity index (χ2v) is 7.44. The van der Waals surface area contributed by atoms with E-state index >= 15 is 0 Å². The number of nitrogens with zero attached hydrogens (tertiary/aromatic N) is 1. The van der Waals surface area contributed by atoms with Crippen LogP contribution in [-0.2, 0) is 7.05 Å². The molecule has 2 aromatic carbocycles. The Morgan fingerprint density at radius 2 is 1.82 bits per heavy atom. The van der Waals surface area contributed by atoms with Crippen LogP contribution in [0.15, 0.2) is 47.3 Å². The molecule has 0 saturated heterocycles. The zero-order valence-corrected chi connectivity index (χ0v) is 17.1. The first-order valence-corrected chi connectivity index (χ1v) is 9.53. The highest BCUT2D eigenvalue weighted by atomic mass is 35.5. The van der Waals surface area contributed by atoms with Crippen molar-refractivity contribution in [3.63, 3.8) is 0 Å². The number of hydrogen-bond donors (Lipinski definition) is 0. The van der Waals surface area contributed by atoms with Crippen LogP contribution in [-0.4, -0.2) is 24.6 Å². The van der Waals surface area contributed by atoms with E-state index in [0.29, 0.717) is 31.3 Å². The lowest BCUT2D eigenvalue weighted by molar-refractivity contribution is 0.106. The monoisotopic (exact) mass is 415 g/mol. The lowest BCUT2D eigenvalue weighted by atomic mass is 10.1. The molecule has 0 fully saturated rings. The van der Waals surface area contributed by atoms with Crippen molar-refractivity contribution in [2.45, 2.75) is 0 Å². The first-order chi connectivity index (χ1) is 13.4. The number of Topliss-reactive ketones (excluding diaryl/α,β-unsaturated/α-hetero) is 1. The van der Waals surface area contributed by atoms with Crippen LogP contribution in [0.2, 0.25) is 5.02 Å². The summed E-state index contributed by atoms with van der Waals surface area (Å²) in [6.45, 7) is 0. The molecule has 0 N–H and O–H groups in total. The Morgan fingerprint density at radius 3 is 2.46 bits per heavy atom. The third-order valence-electron chi connectivity index (χ3n) is 4.17. The zero-order chi connectivity index (χ0) is 20.3. The van der Waals surface area contributed by atoms with Crippen LogP contribution >= 0.6 is 22.9 Å². The molecule has 1 heterocycles. The number of hydrogen-bond acceptors (Lipinski definition) is 5. The quantitative estimate of drug-likeness (QED) is 0.601. The van der Waals surface area contributed by atoms with Crippen molar-refractivity contribution < 1.29 is 14.3 Å². The summed E-state index contributed by atoms with van der Waals surface area (Å²) in [6.07, 6.45) is 3.20. The smallest absolute Gasteiger partial charge is 0.268 e. The van der Waals surface area contributed by atoms with E-state index in [9.17, 15) is 9.59 Å². The summed E-state index contributed by atoms with van der Waals surface area (Å²) in [5.74, 6) is 1.07. The number of carbonyl (C=O) groups is 1. The maximum atomic E-state index is 12.6. The predicted molar refractivity (Wildman–Crippen MR) is 112 cm³/mol. The van der Waals surface area contributed by atoms with E-state index < -0.39 is 0 Å². The molecule has 7 heteroatoms. The van der Waals surface area contributed by atoms with E-state index in [2.05, 4.69) is 0 Å². The van der Waals surface area contributed by atoms with Crippen molar-refractivity contribution in [3.05, 3.63) is 78.2 Å². The number of rotatable bonds is 5. The Labute approximate surface area is 170 Å². The molecule has 1 aromatic heterocycles. The van der Waals surface area contributed by atoms with Gasteiger partial charge in [-0.3, -0.25) is 9.59 Å². The average molecular weight is 416 g/mol. The summed E-state index contributed by atoms with van der Waals surface area (Å²) in [5, 5.41) is 0.561. The summed E-state index contributed by atoms with van der Waals surface area (Å²) in [4.78, 5) is 25.1. The van der Waals surface area contributed by atoms with Crippen molar-refractivity contribution in [2.24, 2.45) is 7.05 Å². The van der Waals surface area contributed by atoms with E-state index in [1.807, 2.05) is 6.07 Å². The standard InChI is InChI=1S/C21H18ClNO4S/c1-23-20(12-17(24)13-4-7-15(22)8-5-13)28-19(21(23)25)10-14-6-9-16(26-2)11-18(14)27-3/h4-12H,1-3H3/b19-10-,20-12-. The van der Waals surface area contributed by atoms with Gasteiger partial charge in [0, 0.05) is 35.3 Å². The van der Waals surface area contributed by atoms with Crippen molar-refractivity contribution in [2.75, 3.05) is 14.2 Å². The van der Waals surface area contributed by atoms with Crippen LogP contribution in [0.1, 0.15) is 15.9 Å². The number of ether oxygens (including phenoxy) is 2. The molecule has 0 aliphatic heterocycles. The van der Waals surface area contributed by atoms with Crippen molar-refractivity contribution >= 4 is 40.9 Å². The largest absolute Gasteiger partial charge is 0.497 e. The molecule has 0 saturated carbocycles. The van der Waals surface area contributed by atoms with Crippen LogP contribution in [0, 0.1) is 0 Å². The Bertz CT molecular complexity index is 1190. The molecule has 0 aliphatic rings. The highest BCUT2D eigenvalue weighted by Gasteiger charge is 2.08. The molecule has 3 aromatic rings. The Hall–Kier alpha value is -2.83. The molecular weight excluding hydrogens is 398 g/mol. The van der Waals surface area contributed by atoms with Crippen LogP contribution < -0.4 is 24.2 Å². The lowest BCUT2D eigenvalue weighted by Crippen LogP contribution is -2.29. The summed E-state index contributed by atoms with van der Waals surface area (Å²) in [7, 11) is 4.78. The number of halogens is 1. The number of ketones is 1. The van der Waals surface area contributed by atoms with Crippen LogP contribution in [0.5, 0.6) is 11.5 Å². The van der Waals surface area contributed by atoms with Gasteiger partial charge in [0.25, 0.3) is 5.56 Å². The molecule has 0 bridgehead atoms. The number of aromatic nitrogens is 1. The highest BCUT2D eigenvalue weighted by molar-refractivity contribution is 7.07. The van der Waals surface area contributed by atoms with Gasteiger partial charge in [-0.25, -0.2) is 0 Å². The molecule has 28 heavy (non-hydrogen) atoms. The summed E-state index contributed by atoms with van der Waals surface area (Å²) in [6, 6.07) is 12.0. The molecule has 144 valence electrons. The van der Waals surface area contributed by atoms with Crippen molar-refractivity contribution in [3.8, 4) is 11.5 Å². The highest BCUT2D eigenvalue weighted by Crippen LogP contribution is 2.24. The summed E-state index contributed by atoms with van der Waals surface area (Å²) in [5.41, 5.74) is 1.07. The van der Waals surface area contributed by atoms with Crippen LogP contribution in [0.3, 0.4) is 0 Å². The molecule has 0 unspecified atom stereocenters. The number of carbonyl (C=O) groups excluding carboxylic acids is 1. The Balaban J connectivity index is 2.07. The fourth-order valence-corrected chi connectivity index (χ4v) is 3.74. The maximum Gasteiger partial charge on any atom is 0.268 e. The van der Waals surface area contributed by atoms with Gasteiger partial charge in [-0.05, 0) is 42.5 Å². The summed E-state index contributed by atoms with van der Waals surface area (Å²) >= 11 is 7.10. The summed E-state index contributed by atoms with van der Waals surface area (Å²) < 4.78 is 13.1. The maximum absolute atomic E-state index is 12.6. The number of benzene rings is 2. The van der Waals surface area contributed by atoms with E-state index in [1.54, 1.807) is 63.7 Å². The molecule has 5 nitrogen and oxygen atoms in total. The third kappa shape index (κ3) is 4.18. The normalized spacial score (nSPS) is 12.3. The van der Waals surface area contributed by atoms with Gasteiger partial charge in [0.15, 0.2) is 5.78 Å². The van der Waals surface area contributed by atoms with Crippen molar-refractivity contribution in [1.82, 2.24) is 4.57 Å². The Kier molecular flexibility index (Phi) is 6.02. The SMILES string of the molecule is COc1ccc(/C=c2\s/c(=C\C(=O)c3ccc(Cl)cc3)n(C)c2=O)c(OC)c1. The first-order valence-electron chi connectivity index (χ1n) is 8.34. The second-order valence-electron chi connectivity index (χ2n) is 5.94. The molecule has 0 atom stereocenters. The van der Waals surface area contributed by atoms with Gasteiger partial charge in [-0.1, -0.05) is 11.6 Å². The molecule has 0 amide bonds. The van der Waals surface area contributed by atoms with Crippen LogP contribution in [0.4, 0.5) is 0 Å². The molecule has 0 aliphatic carbocycles. The number of methoxy groups -OCH3 is 2. The Morgan fingerprint density at radius 1 is 1.11 bits per heavy atom. The van der Waals surface area contributed by atoms with Gasteiger partial charge in [0.2, 0.25) is 0 Å². The van der Waals surface area contributed by atoms with Crippen LogP contribution in [0.25, 0.3) is 12.2 Å². The lowest BCUT2D eigenvalue weighted by Gasteiger charge is -2.06. The molecule has 0 spiro atoms. The van der Waals surface area contributed by atoms with Gasteiger partial charge in [-0.15, -0.1) is 11.3 Å². The molecule has 3 rings (SSSR count). The van der Waals surface area contributed by atoms with Gasteiger partial charge < -0.3 is 14.0 Å². The van der Waals surface area contributed by atoms with E-state index in [4.69, 9.17) is 21.1 Å². The average Bonchev–Trinajstić information content (AvgIpc) is 2.96. The van der Waals surface area contributed by atoms with Gasteiger partial charge >= 0.3 is 0 Å². The topological polar surface area (TPSA) is 57.5 Å². The fraction of sp³-hybridized carbons (Fsp3) is 0.143. The van der Waals surface area contributed by atoms with Gasteiger partial charge in [0.05, 0.1) is 18.8 Å². The fourth-order valence-electron chi connectivity index (χ4n) is 2.60. The minimum absolute atomic E-state index is 0.182. The van der Waals surface area contributed by atoms with Gasteiger partial charge in [-0.2, -0.15) is 0 Å². The third-order valence-corrected chi connectivity index (χ3v) is 5.54. The predicted octanol–water partition coefficient (Wildman–Crippen LogP) is 2.61. The van der Waals surface area contributed by atoms with E-state index in [0.717, 1.165) is 5.56 Å².